The number of nitrogens with two attached hydrogens (primary N) is 1. The van der Waals surface area contributed by atoms with Gasteiger partial charge < -0.3 is 15.0 Å². The summed E-state index contributed by atoms with van der Waals surface area (Å²) in [4.78, 5) is 17.4. The van der Waals surface area contributed by atoms with Crippen molar-refractivity contribution < 1.29 is 4.74 Å². The molecular formula is C19H16N4O2. The Kier molecular flexibility index (Phi) is 3.52. The molecule has 0 fully saturated rings. The minimum absolute atomic E-state index is 0.161. The molecular weight excluding hydrogens is 316 g/mol. The lowest BCUT2D eigenvalue weighted by molar-refractivity contribution is 0.109. The third kappa shape index (κ3) is 2.29. The fraction of sp³-hybridized carbons (Fsp3) is 0.211. The van der Waals surface area contributed by atoms with Crippen molar-refractivity contribution in [2.24, 2.45) is 7.05 Å². The second kappa shape index (κ2) is 5.72. The highest BCUT2D eigenvalue weighted by Crippen LogP contribution is 2.33. The number of benzene rings is 1. The molecule has 3 heterocycles. The molecule has 0 unspecified atom stereocenters. The van der Waals surface area contributed by atoms with Crippen molar-refractivity contribution in [2.75, 3.05) is 12.3 Å². The Bertz CT molecular complexity index is 1110. The summed E-state index contributed by atoms with van der Waals surface area (Å²) >= 11 is 0. The molecule has 25 heavy (non-hydrogen) atoms. The Morgan fingerprint density at radius 3 is 2.96 bits per heavy atom. The number of fused-ring (bicyclic) bond motifs is 2. The van der Waals surface area contributed by atoms with Crippen LogP contribution in [0.3, 0.4) is 0 Å². The Morgan fingerprint density at radius 1 is 1.36 bits per heavy atom. The monoisotopic (exact) mass is 332 g/mol. The molecule has 1 aliphatic rings. The van der Waals surface area contributed by atoms with Gasteiger partial charge in [-0.05, 0) is 17.5 Å². The first-order chi connectivity index (χ1) is 12.1. The summed E-state index contributed by atoms with van der Waals surface area (Å²) in [6, 6.07) is 11.6. The minimum atomic E-state index is -0.173. The Balaban J connectivity index is 2.14. The van der Waals surface area contributed by atoms with Crippen LogP contribution < -0.4 is 11.3 Å². The minimum Gasteiger partial charge on any atom is -0.383 e. The lowest BCUT2D eigenvalue weighted by Gasteiger charge is -2.21. The molecule has 1 aliphatic heterocycles. The SMILES string of the molecule is Cn1c(=O)c(-c2c(C#N)c(N)nc3c2COCC3)cc2ccccc21. The first kappa shape index (κ1) is 15.4. The Labute approximate surface area is 144 Å². The van der Waals surface area contributed by atoms with Crippen LogP contribution in [0.15, 0.2) is 35.1 Å². The van der Waals surface area contributed by atoms with Gasteiger partial charge in [0, 0.05) is 30.2 Å². The van der Waals surface area contributed by atoms with Crippen LogP contribution >= 0.6 is 0 Å². The van der Waals surface area contributed by atoms with Crippen molar-refractivity contribution in [2.45, 2.75) is 13.0 Å². The van der Waals surface area contributed by atoms with Gasteiger partial charge in [0.15, 0.2) is 0 Å². The highest BCUT2D eigenvalue weighted by atomic mass is 16.5. The number of para-hydroxylation sites is 1. The fourth-order valence-electron chi connectivity index (χ4n) is 3.41. The van der Waals surface area contributed by atoms with E-state index in [1.807, 2.05) is 30.3 Å². The average molecular weight is 332 g/mol. The largest absolute Gasteiger partial charge is 0.383 e. The van der Waals surface area contributed by atoms with E-state index in [1.165, 1.54) is 0 Å². The number of anilines is 1. The van der Waals surface area contributed by atoms with E-state index >= 15 is 0 Å². The summed E-state index contributed by atoms with van der Waals surface area (Å²) in [5.41, 5.74) is 9.49. The van der Waals surface area contributed by atoms with E-state index in [0.717, 1.165) is 22.2 Å². The smallest absolute Gasteiger partial charge is 0.258 e. The maximum Gasteiger partial charge on any atom is 0.258 e. The number of aromatic nitrogens is 2. The number of hydrogen-bond donors (Lipinski definition) is 1. The van der Waals surface area contributed by atoms with Gasteiger partial charge in [0.2, 0.25) is 0 Å². The van der Waals surface area contributed by atoms with Crippen molar-refractivity contribution >= 4 is 16.7 Å². The molecule has 0 saturated carbocycles. The average Bonchev–Trinajstić information content (AvgIpc) is 2.63. The van der Waals surface area contributed by atoms with Gasteiger partial charge in [-0.3, -0.25) is 4.79 Å². The lowest BCUT2D eigenvalue weighted by Crippen LogP contribution is -2.22. The number of nitriles is 1. The Morgan fingerprint density at radius 2 is 2.16 bits per heavy atom. The summed E-state index contributed by atoms with van der Waals surface area (Å²) in [6.45, 7) is 0.878. The second-order valence-electron chi connectivity index (χ2n) is 6.07. The molecule has 3 aromatic rings. The highest BCUT2D eigenvalue weighted by Gasteiger charge is 2.24. The van der Waals surface area contributed by atoms with Crippen LogP contribution in [0.2, 0.25) is 0 Å². The molecule has 0 aliphatic carbocycles. The van der Waals surface area contributed by atoms with Gasteiger partial charge in [0.1, 0.15) is 17.5 Å². The van der Waals surface area contributed by atoms with E-state index in [4.69, 9.17) is 10.5 Å². The van der Waals surface area contributed by atoms with Gasteiger partial charge in [0.25, 0.3) is 5.56 Å². The van der Waals surface area contributed by atoms with E-state index in [2.05, 4.69) is 11.1 Å². The molecule has 4 rings (SSSR count). The summed E-state index contributed by atoms with van der Waals surface area (Å²) in [5.74, 6) is 0.161. The topological polar surface area (TPSA) is 93.9 Å². The Hall–Kier alpha value is -3.17. The van der Waals surface area contributed by atoms with Gasteiger partial charge in [0.05, 0.1) is 24.4 Å². The molecule has 0 amide bonds. The third-order valence-electron chi connectivity index (χ3n) is 4.66. The van der Waals surface area contributed by atoms with Crippen molar-refractivity contribution in [3.8, 4) is 17.2 Å². The van der Waals surface area contributed by atoms with Crippen LogP contribution in [-0.4, -0.2) is 16.2 Å². The molecule has 2 N–H and O–H groups in total. The van der Waals surface area contributed by atoms with E-state index in [0.29, 0.717) is 30.8 Å². The van der Waals surface area contributed by atoms with Crippen LogP contribution in [0.5, 0.6) is 0 Å². The molecule has 124 valence electrons. The zero-order valence-electron chi connectivity index (χ0n) is 13.7. The molecule has 2 aromatic heterocycles. The summed E-state index contributed by atoms with van der Waals surface area (Å²) in [5, 5.41) is 10.5. The molecule has 0 bridgehead atoms. The van der Waals surface area contributed by atoms with Crippen LogP contribution in [0, 0.1) is 11.3 Å². The predicted octanol–water partition coefficient (Wildman–Crippen LogP) is 2.13. The number of nitrogens with zero attached hydrogens (tertiary/aromatic N) is 3. The van der Waals surface area contributed by atoms with Crippen LogP contribution in [0.4, 0.5) is 5.82 Å². The molecule has 0 radical (unpaired) electrons. The molecule has 6 heteroatoms. The van der Waals surface area contributed by atoms with Crippen molar-refractivity contribution in [3.05, 3.63) is 57.5 Å². The van der Waals surface area contributed by atoms with Crippen molar-refractivity contribution in [3.63, 3.8) is 0 Å². The zero-order chi connectivity index (χ0) is 17.6. The van der Waals surface area contributed by atoms with Crippen molar-refractivity contribution in [1.82, 2.24) is 9.55 Å². The number of ether oxygens (including phenoxy) is 1. The number of hydrogen-bond acceptors (Lipinski definition) is 5. The van der Waals surface area contributed by atoms with Gasteiger partial charge >= 0.3 is 0 Å². The predicted molar refractivity (Wildman–Crippen MR) is 94.9 cm³/mol. The fourth-order valence-corrected chi connectivity index (χ4v) is 3.41. The standard InChI is InChI=1S/C19H16N4O2/c1-23-16-5-3-2-4-11(16)8-12(19(23)24)17-13(9-20)18(21)22-15-6-7-25-10-14(15)17/h2-5,8H,6-7,10H2,1H3,(H2,21,22). The maximum atomic E-state index is 13.0. The summed E-state index contributed by atoms with van der Waals surface area (Å²) in [7, 11) is 1.73. The zero-order valence-corrected chi connectivity index (χ0v) is 13.7. The summed E-state index contributed by atoms with van der Waals surface area (Å²) < 4.78 is 7.15. The summed E-state index contributed by atoms with van der Waals surface area (Å²) in [6.07, 6.45) is 0.617. The first-order valence-electron chi connectivity index (χ1n) is 8.00. The third-order valence-corrected chi connectivity index (χ3v) is 4.66. The molecule has 0 atom stereocenters. The van der Waals surface area contributed by atoms with Gasteiger partial charge in [-0.15, -0.1) is 0 Å². The van der Waals surface area contributed by atoms with E-state index in [9.17, 15) is 10.1 Å². The van der Waals surface area contributed by atoms with Gasteiger partial charge in [-0.2, -0.15) is 5.26 Å². The van der Waals surface area contributed by atoms with Crippen LogP contribution in [0.25, 0.3) is 22.0 Å². The van der Waals surface area contributed by atoms with Crippen molar-refractivity contribution in [1.29, 1.82) is 5.26 Å². The quantitative estimate of drug-likeness (QED) is 0.737. The second-order valence-corrected chi connectivity index (χ2v) is 6.07. The number of nitrogen functional groups attached to an aromatic ring is 1. The van der Waals surface area contributed by atoms with Gasteiger partial charge in [-0.25, -0.2) is 4.98 Å². The maximum absolute atomic E-state index is 13.0. The van der Waals surface area contributed by atoms with E-state index < -0.39 is 0 Å². The molecule has 0 saturated heterocycles. The van der Waals surface area contributed by atoms with Crippen LogP contribution in [0.1, 0.15) is 16.8 Å². The highest BCUT2D eigenvalue weighted by molar-refractivity contribution is 5.87. The molecule has 0 spiro atoms. The number of aryl methyl sites for hydroxylation is 1. The number of rotatable bonds is 1. The molecule has 6 nitrogen and oxygen atoms in total. The lowest BCUT2D eigenvalue weighted by atomic mass is 9.92. The van der Waals surface area contributed by atoms with Crippen LogP contribution in [-0.2, 0) is 24.8 Å². The molecule has 1 aromatic carbocycles. The number of pyridine rings is 2. The normalized spacial score (nSPS) is 13.4. The first-order valence-corrected chi connectivity index (χ1v) is 8.00. The van der Waals surface area contributed by atoms with E-state index in [1.54, 1.807) is 11.6 Å². The van der Waals surface area contributed by atoms with E-state index in [-0.39, 0.29) is 16.9 Å². The van der Waals surface area contributed by atoms with Gasteiger partial charge in [-0.1, -0.05) is 18.2 Å².